The molecular weight excluding hydrogens is 338 g/mol. The van der Waals surface area contributed by atoms with Gasteiger partial charge in [0.15, 0.2) is 0 Å². The van der Waals surface area contributed by atoms with E-state index < -0.39 is 12.0 Å². The second-order valence-corrected chi connectivity index (χ2v) is 8.98. The van der Waals surface area contributed by atoms with Crippen molar-refractivity contribution >= 4 is 23.2 Å². The van der Waals surface area contributed by atoms with Gasteiger partial charge in [-0.05, 0) is 44.4 Å². The SMILES string of the molecule is Cc1nc(CN2CC3(CCN(C(=O)C4CC4)CC3)C[C@@H]2C(=O)O)cs1. The van der Waals surface area contributed by atoms with Crippen LogP contribution in [0, 0.1) is 18.3 Å². The number of piperidine rings is 1. The summed E-state index contributed by atoms with van der Waals surface area (Å²) in [6, 6.07) is -0.437. The molecule has 3 heterocycles. The smallest absolute Gasteiger partial charge is 0.320 e. The first-order valence-corrected chi connectivity index (χ1v) is 10.0. The van der Waals surface area contributed by atoms with Gasteiger partial charge in [0.1, 0.15) is 6.04 Å². The van der Waals surface area contributed by atoms with Gasteiger partial charge in [-0.25, -0.2) is 4.98 Å². The highest BCUT2D eigenvalue weighted by molar-refractivity contribution is 7.09. The quantitative estimate of drug-likeness (QED) is 0.887. The molecule has 136 valence electrons. The van der Waals surface area contributed by atoms with E-state index in [0.717, 1.165) is 56.0 Å². The lowest BCUT2D eigenvalue weighted by Gasteiger charge is -2.39. The second kappa shape index (κ2) is 6.36. The van der Waals surface area contributed by atoms with E-state index in [1.165, 1.54) is 0 Å². The molecule has 1 amide bonds. The first-order valence-electron chi connectivity index (χ1n) is 9.12. The number of amides is 1. The molecule has 3 aliphatic rings. The Morgan fingerprint density at radius 2 is 2.08 bits per heavy atom. The zero-order valence-corrected chi connectivity index (χ0v) is 15.4. The van der Waals surface area contributed by atoms with Gasteiger partial charge in [-0.2, -0.15) is 0 Å². The summed E-state index contributed by atoms with van der Waals surface area (Å²) in [6.07, 6.45) is 4.62. The van der Waals surface area contributed by atoms with E-state index in [9.17, 15) is 14.7 Å². The van der Waals surface area contributed by atoms with Gasteiger partial charge >= 0.3 is 5.97 Å². The Morgan fingerprint density at radius 1 is 1.36 bits per heavy atom. The molecule has 0 bridgehead atoms. The van der Waals surface area contributed by atoms with Crippen molar-refractivity contribution in [2.75, 3.05) is 19.6 Å². The largest absolute Gasteiger partial charge is 0.480 e. The average Bonchev–Trinajstić information content (AvgIpc) is 3.27. The summed E-state index contributed by atoms with van der Waals surface area (Å²) in [6.45, 7) is 4.94. The summed E-state index contributed by atoms with van der Waals surface area (Å²) < 4.78 is 0. The molecular formula is C18H25N3O3S. The van der Waals surface area contributed by atoms with Crippen molar-refractivity contribution in [3.63, 3.8) is 0 Å². The molecule has 1 aromatic rings. The van der Waals surface area contributed by atoms with Gasteiger partial charge in [0.25, 0.3) is 0 Å². The fraction of sp³-hybridized carbons (Fsp3) is 0.722. The number of carbonyl (C=O) groups excluding carboxylic acids is 1. The number of aryl methyl sites for hydroxylation is 1. The molecule has 2 aliphatic heterocycles. The van der Waals surface area contributed by atoms with E-state index in [4.69, 9.17) is 0 Å². The van der Waals surface area contributed by atoms with E-state index in [-0.39, 0.29) is 11.3 Å². The zero-order chi connectivity index (χ0) is 17.6. The third-order valence-corrected chi connectivity index (χ3v) is 6.81. The van der Waals surface area contributed by atoms with Crippen LogP contribution in [-0.4, -0.2) is 57.4 Å². The van der Waals surface area contributed by atoms with Gasteiger partial charge in [-0.1, -0.05) is 0 Å². The Kier molecular flexibility index (Phi) is 4.32. The first kappa shape index (κ1) is 17.0. The standard InChI is InChI=1S/C18H25N3O3S/c1-12-19-14(10-25-12)9-21-11-18(8-15(21)17(23)24)4-6-20(7-5-18)16(22)13-2-3-13/h10,13,15H,2-9,11H2,1H3,(H,23,24)/t15-/m1/s1. The molecule has 3 fully saturated rings. The lowest BCUT2D eigenvalue weighted by Crippen LogP contribution is -2.44. The number of hydrogen-bond acceptors (Lipinski definition) is 5. The minimum atomic E-state index is -0.736. The van der Waals surface area contributed by atoms with E-state index in [1.807, 2.05) is 17.2 Å². The Morgan fingerprint density at radius 3 is 2.64 bits per heavy atom. The minimum Gasteiger partial charge on any atom is -0.480 e. The Labute approximate surface area is 151 Å². The van der Waals surface area contributed by atoms with Crippen LogP contribution in [-0.2, 0) is 16.1 Å². The Bertz CT molecular complexity index is 677. The molecule has 25 heavy (non-hydrogen) atoms. The summed E-state index contributed by atoms with van der Waals surface area (Å²) >= 11 is 1.61. The Balaban J connectivity index is 1.42. The van der Waals surface area contributed by atoms with Crippen molar-refractivity contribution in [3.8, 4) is 0 Å². The van der Waals surface area contributed by atoms with Gasteiger partial charge < -0.3 is 10.0 Å². The third-order valence-electron chi connectivity index (χ3n) is 5.98. The van der Waals surface area contributed by atoms with Gasteiger partial charge in [-0.3, -0.25) is 14.5 Å². The molecule has 1 aliphatic carbocycles. The fourth-order valence-electron chi connectivity index (χ4n) is 4.40. The molecule has 1 aromatic heterocycles. The average molecular weight is 363 g/mol. The van der Waals surface area contributed by atoms with E-state index in [1.54, 1.807) is 11.3 Å². The lowest BCUT2D eigenvalue weighted by atomic mass is 9.76. The topological polar surface area (TPSA) is 73.7 Å². The number of rotatable bonds is 4. The monoisotopic (exact) mass is 363 g/mol. The maximum atomic E-state index is 12.3. The lowest BCUT2D eigenvalue weighted by molar-refractivity contribution is -0.142. The molecule has 7 heteroatoms. The number of carbonyl (C=O) groups is 2. The molecule has 2 saturated heterocycles. The van der Waals surface area contributed by atoms with Crippen molar-refractivity contribution in [2.45, 2.75) is 51.6 Å². The summed E-state index contributed by atoms with van der Waals surface area (Å²) in [5.41, 5.74) is 1.00. The van der Waals surface area contributed by atoms with E-state index >= 15 is 0 Å². The van der Waals surface area contributed by atoms with Crippen molar-refractivity contribution in [2.24, 2.45) is 11.3 Å². The number of carboxylic acids is 1. The second-order valence-electron chi connectivity index (χ2n) is 7.92. The third kappa shape index (κ3) is 3.44. The maximum Gasteiger partial charge on any atom is 0.320 e. The number of nitrogens with zero attached hydrogens (tertiary/aromatic N) is 3. The molecule has 6 nitrogen and oxygen atoms in total. The van der Waals surface area contributed by atoms with Gasteiger partial charge in [0.2, 0.25) is 5.91 Å². The number of aromatic nitrogens is 1. The Hall–Kier alpha value is -1.47. The number of aliphatic carboxylic acids is 1. The maximum absolute atomic E-state index is 12.3. The van der Waals surface area contributed by atoms with Crippen molar-refractivity contribution in [1.82, 2.24) is 14.8 Å². The predicted molar refractivity (Wildman–Crippen MR) is 94.3 cm³/mol. The fourth-order valence-corrected chi connectivity index (χ4v) is 5.00. The zero-order valence-electron chi connectivity index (χ0n) is 14.6. The first-order chi connectivity index (χ1) is 12.0. The van der Waals surface area contributed by atoms with Crippen LogP contribution < -0.4 is 0 Å². The molecule has 4 rings (SSSR count). The van der Waals surface area contributed by atoms with Crippen LogP contribution in [0.15, 0.2) is 5.38 Å². The van der Waals surface area contributed by atoms with Crippen LogP contribution >= 0.6 is 11.3 Å². The normalized spacial score (nSPS) is 26.3. The van der Waals surface area contributed by atoms with Crippen LogP contribution in [0.5, 0.6) is 0 Å². The minimum absolute atomic E-state index is 0.0362. The number of hydrogen-bond donors (Lipinski definition) is 1. The highest BCUT2D eigenvalue weighted by Crippen LogP contribution is 2.45. The van der Waals surface area contributed by atoms with Crippen LogP contribution in [0.4, 0.5) is 0 Å². The van der Waals surface area contributed by atoms with E-state index in [0.29, 0.717) is 18.9 Å². The molecule has 0 radical (unpaired) electrons. The number of likely N-dealkylation sites (tertiary alicyclic amines) is 2. The molecule has 1 spiro atoms. The van der Waals surface area contributed by atoms with Crippen LogP contribution in [0.2, 0.25) is 0 Å². The van der Waals surface area contributed by atoms with E-state index in [2.05, 4.69) is 9.88 Å². The molecule has 0 aromatic carbocycles. The highest BCUT2D eigenvalue weighted by atomic mass is 32.1. The summed E-state index contributed by atoms with van der Waals surface area (Å²) in [7, 11) is 0. The van der Waals surface area contributed by atoms with Gasteiger partial charge in [-0.15, -0.1) is 11.3 Å². The molecule has 0 unspecified atom stereocenters. The molecule has 1 saturated carbocycles. The summed E-state index contributed by atoms with van der Waals surface area (Å²) in [4.78, 5) is 32.6. The van der Waals surface area contributed by atoms with Crippen LogP contribution in [0.3, 0.4) is 0 Å². The van der Waals surface area contributed by atoms with Crippen LogP contribution in [0.25, 0.3) is 0 Å². The van der Waals surface area contributed by atoms with Crippen LogP contribution in [0.1, 0.15) is 42.8 Å². The number of carboxylic acid groups (broad SMARTS) is 1. The van der Waals surface area contributed by atoms with Crippen molar-refractivity contribution in [3.05, 3.63) is 16.1 Å². The summed E-state index contributed by atoms with van der Waals surface area (Å²) in [5, 5.41) is 12.7. The summed E-state index contributed by atoms with van der Waals surface area (Å²) in [5.74, 6) is -0.147. The number of thiazole rings is 1. The highest BCUT2D eigenvalue weighted by Gasteiger charge is 2.49. The van der Waals surface area contributed by atoms with Crippen molar-refractivity contribution in [1.29, 1.82) is 0 Å². The molecule has 1 N–H and O–H groups in total. The van der Waals surface area contributed by atoms with Gasteiger partial charge in [0, 0.05) is 37.5 Å². The van der Waals surface area contributed by atoms with Gasteiger partial charge in [0.05, 0.1) is 10.7 Å². The predicted octanol–water partition coefficient (Wildman–Crippen LogP) is 2.13. The molecule has 1 atom stereocenters. The van der Waals surface area contributed by atoms with Crippen molar-refractivity contribution < 1.29 is 14.7 Å².